The molecule has 0 N–H and O–H groups in total. The SMILES string of the molecule is N#Cc1ccccc1-c1ccc2c3ccccc3n(-c3cc(C#N)c(-c4cccc(C(F)(F)F)c4)cc3-n3c4ccccc4c4ccc(-c5ccccc5C#N)cc43)c2c1. The first-order valence-corrected chi connectivity index (χ1v) is 19.1. The Labute approximate surface area is 341 Å². The van der Waals surface area contributed by atoms with Crippen LogP contribution in [0.1, 0.15) is 22.3 Å². The van der Waals surface area contributed by atoms with Crippen LogP contribution in [0.15, 0.2) is 170 Å². The summed E-state index contributed by atoms with van der Waals surface area (Å²) in [6.07, 6.45) is -4.60. The van der Waals surface area contributed by atoms with Crippen LogP contribution in [0.2, 0.25) is 0 Å². The van der Waals surface area contributed by atoms with Crippen molar-refractivity contribution in [3.05, 3.63) is 192 Å². The van der Waals surface area contributed by atoms with E-state index >= 15 is 0 Å². The zero-order chi connectivity index (χ0) is 41.1. The fourth-order valence-electron chi connectivity index (χ4n) is 8.59. The number of aromatic nitrogens is 2. The fraction of sp³-hybridized carbons (Fsp3) is 0.0192. The zero-order valence-corrected chi connectivity index (χ0v) is 31.5. The van der Waals surface area contributed by atoms with Crippen LogP contribution in [-0.4, -0.2) is 9.13 Å². The molecule has 0 amide bonds. The third kappa shape index (κ3) is 5.69. The van der Waals surface area contributed by atoms with Crippen LogP contribution in [0.25, 0.3) is 88.4 Å². The smallest absolute Gasteiger partial charge is 0.307 e. The Kier molecular flexibility index (Phi) is 8.35. The molecule has 0 atom stereocenters. The van der Waals surface area contributed by atoms with E-state index in [2.05, 4.69) is 27.3 Å². The van der Waals surface area contributed by atoms with Crippen molar-refractivity contribution >= 4 is 43.6 Å². The Morgan fingerprint density at radius 2 is 0.817 bits per heavy atom. The number of hydrogen-bond acceptors (Lipinski definition) is 3. The second-order valence-corrected chi connectivity index (χ2v) is 14.6. The maximum atomic E-state index is 14.2. The molecule has 0 spiro atoms. The second-order valence-electron chi connectivity index (χ2n) is 14.6. The summed E-state index contributed by atoms with van der Waals surface area (Å²) in [5.74, 6) is 0. The average molecular weight is 780 g/mol. The summed E-state index contributed by atoms with van der Waals surface area (Å²) in [4.78, 5) is 0. The molecule has 0 unspecified atom stereocenters. The lowest BCUT2D eigenvalue weighted by molar-refractivity contribution is -0.137. The number of rotatable bonds is 5. The van der Waals surface area contributed by atoms with Gasteiger partial charge in [0.05, 0.1) is 73.9 Å². The number of hydrogen-bond donors (Lipinski definition) is 0. The molecule has 10 rings (SSSR count). The van der Waals surface area contributed by atoms with E-state index in [1.165, 1.54) is 6.07 Å². The van der Waals surface area contributed by atoms with Crippen molar-refractivity contribution in [2.45, 2.75) is 6.18 Å². The van der Waals surface area contributed by atoms with Gasteiger partial charge in [-0.15, -0.1) is 0 Å². The van der Waals surface area contributed by atoms with Crippen molar-refractivity contribution in [1.29, 1.82) is 15.8 Å². The third-order valence-corrected chi connectivity index (χ3v) is 11.3. The molecule has 0 fully saturated rings. The summed E-state index contributed by atoms with van der Waals surface area (Å²) in [7, 11) is 0. The van der Waals surface area contributed by atoms with Gasteiger partial charge in [-0.05, 0) is 88.5 Å². The molecule has 0 bridgehead atoms. The molecule has 0 aliphatic carbocycles. The van der Waals surface area contributed by atoms with Gasteiger partial charge >= 0.3 is 6.18 Å². The average Bonchev–Trinajstić information content (AvgIpc) is 3.80. The van der Waals surface area contributed by atoms with Gasteiger partial charge in [0.25, 0.3) is 0 Å². The first-order chi connectivity index (χ1) is 29.3. The minimum atomic E-state index is -4.60. The number of alkyl halides is 3. The molecule has 0 saturated carbocycles. The van der Waals surface area contributed by atoms with Gasteiger partial charge < -0.3 is 9.13 Å². The molecule has 10 aromatic rings. The highest BCUT2D eigenvalue weighted by molar-refractivity contribution is 6.13. The maximum absolute atomic E-state index is 14.2. The number of benzene rings is 8. The maximum Gasteiger partial charge on any atom is 0.416 e. The molecular weight excluding hydrogens is 752 g/mol. The molecule has 0 radical (unpaired) electrons. The van der Waals surface area contributed by atoms with Crippen molar-refractivity contribution in [3.63, 3.8) is 0 Å². The van der Waals surface area contributed by atoms with Crippen LogP contribution in [0, 0.1) is 34.0 Å². The topological polar surface area (TPSA) is 81.2 Å². The molecule has 2 heterocycles. The van der Waals surface area contributed by atoms with Crippen LogP contribution in [0.3, 0.4) is 0 Å². The van der Waals surface area contributed by atoms with Gasteiger partial charge in [-0.3, -0.25) is 0 Å². The molecule has 8 aromatic carbocycles. The lowest BCUT2D eigenvalue weighted by Gasteiger charge is -2.20. The van der Waals surface area contributed by atoms with E-state index in [1.54, 1.807) is 24.3 Å². The third-order valence-electron chi connectivity index (χ3n) is 11.3. The minimum absolute atomic E-state index is 0.189. The van der Waals surface area contributed by atoms with E-state index in [0.717, 1.165) is 78.0 Å². The largest absolute Gasteiger partial charge is 0.416 e. The Balaban J connectivity index is 1.37. The molecule has 0 saturated heterocycles. The van der Waals surface area contributed by atoms with Gasteiger partial charge in [-0.25, -0.2) is 0 Å². The lowest BCUT2D eigenvalue weighted by Crippen LogP contribution is -2.07. The molecule has 8 heteroatoms. The summed E-state index contributed by atoms with van der Waals surface area (Å²) in [6, 6.07) is 58.5. The van der Waals surface area contributed by atoms with Crippen LogP contribution >= 0.6 is 0 Å². The normalized spacial score (nSPS) is 11.5. The highest BCUT2D eigenvalue weighted by Crippen LogP contribution is 2.43. The first-order valence-electron chi connectivity index (χ1n) is 19.1. The molecule has 2 aromatic heterocycles. The summed E-state index contributed by atoms with van der Waals surface area (Å²) >= 11 is 0. The van der Waals surface area contributed by atoms with E-state index < -0.39 is 11.7 Å². The molecule has 60 heavy (non-hydrogen) atoms. The van der Waals surface area contributed by atoms with Gasteiger partial charge in [0, 0.05) is 27.1 Å². The summed E-state index contributed by atoms with van der Waals surface area (Å²) in [5.41, 5.74) is 8.68. The minimum Gasteiger partial charge on any atom is -0.307 e. The summed E-state index contributed by atoms with van der Waals surface area (Å²) < 4.78 is 46.8. The van der Waals surface area contributed by atoms with Gasteiger partial charge in [-0.2, -0.15) is 29.0 Å². The van der Waals surface area contributed by atoms with E-state index in [9.17, 15) is 29.0 Å². The van der Waals surface area contributed by atoms with Crippen molar-refractivity contribution in [2.24, 2.45) is 0 Å². The van der Waals surface area contributed by atoms with Crippen LogP contribution in [-0.2, 0) is 6.18 Å². The van der Waals surface area contributed by atoms with E-state index in [0.29, 0.717) is 28.1 Å². The summed E-state index contributed by atoms with van der Waals surface area (Å²) in [5, 5.41) is 34.7. The fourth-order valence-corrected chi connectivity index (χ4v) is 8.59. The Morgan fingerprint density at radius 1 is 0.367 bits per heavy atom. The lowest BCUT2D eigenvalue weighted by atomic mass is 9.96. The summed E-state index contributed by atoms with van der Waals surface area (Å²) in [6.45, 7) is 0. The second kappa shape index (κ2) is 13.9. The molecular formula is C52H28F3N5. The highest BCUT2D eigenvalue weighted by atomic mass is 19.4. The molecule has 282 valence electrons. The molecule has 0 aliphatic heterocycles. The monoisotopic (exact) mass is 779 g/mol. The standard InChI is InChI=1S/C52H28F3N5/c53-52(54,55)38-13-9-12-32(24-38)45-28-51(60-47-19-8-6-17-42(47)44-23-21-34(26-49(44)60)40-15-4-2-11-36(40)30-57)50(27-37(45)31-58)59-46-18-7-5-16-41(46)43-22-20-33(25-48(43)59)39-14-3-1-10-35(39)29-56/h1-28H. The van der Waals surface area contributed by atoms with Crippen LogP contribution in [0.5, 0.6) is 0 Å². The van der Waals surface area contributed by atoms with Gasteiger partial charge in [-0.1, -0.05) is 109 Å². The Bertz CT molecular complexity index is 3530. The first kappa shape index (κ1) is 36.0. The van der Waals surface area contributed by atoms with Gasteiger partial charge in [0.15, 0.2) is 0 Å². The number of para-hydroxylation sites is 2. The van der Waals surface area contributed by atoms with Crippen molar-refractivity contribution in [1.82, 2.24) is 9.13 Å². The molecule has 5 nitrogen and oxygen atoms in total. The van der Waals surface area contributed by atoms with Crippen LogP contribution < -0.4 is 0 Å². The highest BCUT2D eigenvalue weighted by Gasteiger charge is 2.31. The Hall–Kier alpha value is -8.38. The van der Waals surface area contributed by atoms with E-state index in [-0.39, 0.29) is 11.1 Å². The quantitative estimate of drug-likeness (QED) is 0.174. The van der Waals surface area contributed by atoms with E-state index in [1.807, 2.05) is 127 Å². The van der Waals surface area contributed by atoms with Gasteiger partial charge in [0.2, 0.25) is 0 Å². The molecule has 0 aliphatic rings. The van der Waals surface area contributed by atoms with Crippen molar-refractivity contribution in [3.8, 4) is 63.0 Å². The van der Waals surface area contributed by atoms with Gasteiger partial charge in [0.1, 0.15) is 0 Å². The van der Waals surface area contributed by atoms with Crippen molar-refractivity contribution in [2.75, 3.05) is 0 Å². The predicted octanol–water partition coefficient (Wildman–Crippen LogP) is 13.5. The number of halogens is 3. The van der Waals surface area contributed by atoms with Crippen LogP contribution in [0.4, 0.5) is 13.2 Å². The predicted molar refractivity (Wildman–Crippen MR) is 231 cm³/mol. The van der Waals surface area contributed by atoms with E-state index in [4.69, 9.17) is 0 Å². The van der Waals surface area contributed by atoms with Crippen molar-refractivity contribution < 1.29 is 13.2 Å². The Morgan fingerprint density at radius 3 is 1.33 bits per heavy atom. The number of nitrogens with zero attached hydrogens (tertiary/aromatic N) is 5. The number of fused-ring (bicyclic) bond motifs is 6. The number of nitriles is 3. The zero-order valence-electron chi connectivity index (χ0n) is 31.5.